The summed E-state index contributed by atoms with van der Waals surface area (Å²) >= 11 is 0. The third kappa shape index (κ3) is 3.68. The molecule has 3 aromatic rings. The SMILES string of the molecule is O=C(O)c1[nH]ncc1CN1CCC(c2ccnc(-c3cccc(O)c3)c2)C1. The number of aromatic nitrogens is 3. The lowest BCUT2D eigenvalue weighted by Crippen LogP contribution is -2.21. The average Bonchev–Trinajstić information content (AvgIpc) is 3.32. The number of aromatic hydroxyl groups is 1. The van der Waals surface area contributed by atoms with Crippen LogP contribution in [0.25, 0.3) is 11.3 Å². The molecule has 27 heavy (non-hydrogen) atoms. The second kappa shape index (κ2) is 7.20. The van der Waals surface area contributed by atoms with Crippen molar-refractivity contribution in [3.63, 3.8) is 0 Å². The van der Waals surface area contributed by atoms with E-state index in [1.54, 1.807) is 30.6 Å². The summed E-state index contributed by atoms with van der Waals surface area (Å²) in [6.07, 6.45) is 4.39. The third-order valence-electron chi connectivity index (χ3n) is 5.00. The van der Waals surface area contributed by atoms with E-state index < -0.39 is 5.97 Å². The van der Waals surface area contributed by atoms with Crippen molar-refractivity contribution in [2.45, 2.75) is 18.9 Å². The largest absolute Gasteiger partial charge is 0.508 e. The lowest BCUT2D eigenvalue weighted by molar-refractivity contribution is 0.0688. The molecular formula is C20H20N4O3. The number of aromatic amines is 1. The normalized spacial score (nSPS) is 17.3. The molecule has 1 saturated heterocycles. The molecule has 1 fully saturated rings. The fraction of sp³-hybridized carbons (Fsp3) is 0.250. The first-order chi connectivity index (χ1) is 13.1. The monoisotopic (exact) mass is 364 g/mol. The lowest BCUT2D eigenvalue weighted by atomic mass is 9.97. The molecule has 0 amide bonds. The van der Waals surface area contributed by atoms with Crippen molar-refractivity contribution in [3.05, 3.63) is 65.6 Å². The highest BCUT2D eigenvalue weighted by Crippen LogP contribution is 2.31. The highest BCUT2D eigenvalue weighted by atomic mass is 16.4. The van der Waals surface area contributed by atoms with Gasteiger partial charge in [-0.15, -0.1) is 0 Å². The van der Waals surface area contributed by atoms with Crippen molar-refractivity contribution in [2.75, 3.05) is 13.1 Å². The number of phenols is 1. The number of nitrogens with one attached hydrogen (secondary N) is 1. The van der Waals surface area contributed by atoms with Crippen LogP contribution in [0.1, 0.15) is 34.0 Å². The predicted molar refractivity (Wildman–Crippen MR) is 99.5 cm³/mol. The first kappa shape index (κ1) is 17.2. The molecule has 0 spiro atoms. The number of benzene rings is 1. The Balaban J connectivity index is 1.48. The Morgan fingerprint density at radius 2 is 2.19 bits per heavy atom. The van der Waals surface area contributed by atoms with E-state index in [-0.39, 0.29) is 11.4 Å². The van der Waals surface area contributed by atoms with E-state index >= 15 is 0 Å². The van der Waals surface area contributed by atoms with E-state index in [0.717, 1.165) is 30.8 Å². The Morgan fingerprint density at radius 3 is 3.00 bits per heavy atom. The molecule has 2 aromatic heterocycles. The summed E-state index contributed by atoms with van der Waals surface area (Å²) in [5.74, 6) is -0.395. The summed E-state index contributed by atoms with van der Waals surface area (Å²) in [6, 6.07) is 11.2. The highest BCUT2D eigenvalue weighted by Gasteiger charge is 2.26. The zero-order chi connectivity index (χ0) is 18.8. The number of aromatic carboxylic acids is 1. The first-order valence-corrected chi connectivity index (χ1v) is 8.83. The Kier molecular flexibility index (Phi) is 4.60. The van der Waals surface area contributed by atoms with Crippen molar-refractivity contribution in [2.24, 2.45) is 0 Å². The number of carboxylic acid groups (broad SMARTS) is 1. The fourth-order valence-corrected chi connectivity index (χ4v) is 3.63. The van der Waals surface area contributed by atoms with Crippen LogP contribution in [-0.2, 0) is 6.54 Å². The smallest absolute Gasteiger partial charge is 0.354 e. The molecule has 1 aliphatic heterocycles. The quantitative estimate of drug-likeness (QED) is 0.643. The molecule has 1 aliphatic rings. The van der Waals surface area contributed by atoms with Gasteiger partial charge in [0.2, 0.25) is 0 Å². The van der Waals surface area contributed by atoms with Gasteiger partial charge in [0.25, 0.3) is 0 Å². The van der Waals surface area contributed by atoms with Gasteiger partial charge in [-0.3, -0.25) is 15.0 Å². The zero-order valence-corrected chi connectivity index (χ0v) is 14.7. The van der Waals surface area contributed by atoms with Crippen molar-refractivity contribution < 1.29 is 15.0 Å². The molecule has 0 radical (unpaired) electrons. The van der Waals surface area contributed by atoms with Crippen LogP contribution in [0.5, 0.6) is 5.75 Å². The number of carboxylic acids is 1. The molecule has 4 rings (SSSR count). The molecule has 1 atom stereocenters. The van der Waals surface area contributed by atoms with Crippen LogP contribution < -0.4 is 0 Å². The molecule has 138 valence electrons. The Morgan fingerprint density at radius 1 is 1.30 bits per heavy atom. The molecule has 7 heteroatoms. The number of pyridine rings is 1. The van der Waals surface area contributed by atoms with Gasteiger partial charge in [-0.2, -0.15) is 5.10 Å². The van der Waals surface area contributed by atoms with Crippen molar-refractivity contribution in [1.82, 2.24) is 20.1 Å². The van der Waals surface area contributed by atoms with Gasteiger partial charge in [0.15, 0.2) is 0 Å². The minimum atomic E-state index is -0.983. The highest BCUT2D eigenvalue weighted by molar-refractivity contribution is 5.86. The summed E-state index contributed by atoms with van der Waals surface area (Å²) < 4.78 is 0. The van der Waals surface area contributed by atoms with Crippen LogP contribution in [0.15, 0.2) is 48.8 Å². The molecule has 0 aliphatic carbocycles. The van der Waals surface area contributed by atoms with Gasteiger partial charge in [0.1, 0.15) is 11.4 Å². The molecule has 1 aromatic carbocycles. The molecule has 0 saturated carbocycles. The summed E-state index contributed by atoms with van der Waals surface area (Å²) in [5, 5.41) is 25.3. The van der Waals surface area contributed by atoms with Crippen LogP contribution in [0.4, 0.5) is 0 Å². The number of H-pyrrole nitrogens is 1. The number of phenolic OH excluding ortho intramolecular Hbond substituents is 1. The van der Waals surface area contributed by atoms with Crippen LogP contribution >= 0.6 is 0 Å². The minimum Gasteiger partial charge on any atom is -0.508 e. The molecular weight excluding hydrogens is 344 g/mol. The maximum atomic E-state index is 11.2. The number of nitrogens with zero attached hydrogens (tertiary/aromatic N) is 3. The lowest BCUT2D eigenvalue weighted by Gasteiger charge is -2.16. The van der Waals surface area contributed by atoms with Crippen molar-refractivity contribution in [3.8, 4) is 17.0 Å². The van der Waals surface area contributed by atoms with Gasteiger partial charge in [0.05, 0.1) is 11.9 Å². The third-order valence-corrected chi connectivity index (χ3v) is 5.00. The second-order valence-corrected chi connectivity index (χ2v) is 6.82. The van der Waals surface area contributed by atoms with E-state index in [1.165, 1.54) is 5.56 Å². The van der Waals surface area contributed by atoms with Gasteiger partial charge in [-0.1, -0.05) is 12.1 Å². The molecule has 3 heterocycles. The van der Waals surface area contributed by atoms with Crippen molar-refractivity contribution in [1.29, 1.82) is 0 Å². The second-order valence-electron chi connectivity index (χ2n) is 6.82. The summed E-state index contributed by atoms with van der Waals surface area (Å²) in [7, 11) is 0. The Labute approximate surface area is 156 Å². The predicted octanol–water partition coefficient (Wildman–Crippen LogP) is 2.87. The van der Waals surface area contributed by atoms with Crippen LogP contribution in [0.2, 0.25) is 0 Å². The van der Waals surface area contributed by atoms with Crippen LogP contribution in [0, 0.1) is 0 Å². The molecule has 1 unspecified atom stereocenters. The van der Waals surface area contributed by atoms with Gasteiger partial charge < -0.3 is 10.2 Å². The van der Waals surface area contributed by atoms with Crippen LogP contribution in [-0.4, -0.2) is 49.4 Å². The average molecular weight is 364 g/mol. The van der Waals surface area contributed by atoms with Gasteiger partial charge in [-0.05, 0) is 48.7 Å². The Bertz CT molecular complexity index is 969. The van der Waals surface area contributed by atoms with Crippen LogP contribution in [0.3, 0.4) is 0 Å². The number of hydrogen-bond donors (Lipinski definition) is 3. The Hall–Kier alpha value is -3.19. The van der Waals surface area contributed by atoms with Gasteiger partial charge >= 0.3 is 5.97 Å². The van der Waals surface area contributed by atoms with E-state index in [1.807, 2.05) is 12.1 Å². The minimum absolute atomic E-state index is 0.161. The number of carbonyl (C=O) groups is 1. The standard InChI is InChI=1S/C20H20N4O3/c25-17-3-1-2-14(8-17)18-9-13(4-6-21-18)15-5-7-24(11-15)12-16-10-22-23-19(16)20(26)27/h1-4,6,8-10,15,25H,5,7,11-12H2,(H,22,23)(H,26,27). The van der Waals surface area contributed by atoms with E-state index in [4.69, 9.17) is 0 Å². The topological polar surface area (TPSA) is 102 Å². The zero-order valence-electron chi connectivity index (χ0n) is 14.7. The van der Waals surface area contributed by atoms with E-state index in [9.17, 15) is 15.0 Å². The van der Waals surface area contributed by atoms with E-state index in [2.05, 4.69) is 26.1 Å². The van der Waals surface area contributed by atoms with Crippen molar-refractivity contribution >= 4 is 5.97 Å². The first-order valence-electron chi connectivity index (χ1n) is 8.83. The van der Waals surface area contributed by atoms with E-state index in [0.29, 0.717) is 18.0 Å². The number of hydrogen-bond acceptors (Lipinski definition) is 5. The summed E-state index contributed by atoms with van der Waals surface area (Å²) in [4.78, 5) is 17.9. The van der Waals surface area contributed by atoms with Gasteiger partial charge in [-0.25, -0.2) is 4.79 Å². The number of rotatable bonds is 5. The maximum absolute atomic E-state index is 11.2. The summed E-state index contributed by atoms with van der Waals surface area (Å²) in [5.41, 5.74) is 3.80. The van der Waals surface area contributed by atoms with Gasteiger partial charge in [0, 0.05) is 30.4 Å². The molecule has 0 bridgehead atoms. The number of likely N-dealkylation sites (tertiary alicyclic amines) is 1. The fourth-order valence-electron chi connectivity index (χ4n) is 3.63. The summed E-state index contributed by atoms with van der Waals surface area (Å²) in [6.45, 7) is 2.32. The molecule has 3 N–H and O–H groups in total. The molecule has 7 nitrogen and oxygen atoms in total. The maximum Gasteiger partial charge on any atom is 0.354 e.